The standard InChI is InChI=1S/C30H51F5N6O5S2/c1-14-10-22(40-39-14)36-27-26(45-5)28(41-9-8-16(13-41)46-15(2)42)38-29(37-27)47-21-7-6-17(11-18(21)31)48(43,44)30(3,4)23-24(34)19(32)12-20(33)25(23)35/h14,16-29,36-40H,6-13H2,1-5H3. The molecule has 278 valence electrons. The van der Waals surface area contributed by atoms with E-state index in [1.165, 1.54) is 18.7 Å². The molecule has 0 aromatic carbocycles. The summed E-state index contributed by atoms with van der Waals surface area (Å²) in [4.78, 5) is 13.7. The van der Waals surface area contributed by atoms with E-state index in [0.29, 0.717) is 19.5 Å². The monoisotopic (exact) mass is 734 g/mol. The van der Waals surface area contributed by atoms with Gasteiger partial charge in [0.05, 0.1) is 28.5 Å². The Morgan fingerprint density at radius 3 is 2.23 bits per heavy atom. The minimum atomic E-state index is -4.41. The van der Waals surface area contributed by atoms with Gasteiger partial charge in [-0.1, -0.05) is 0 Å². The lowest BCUT2D eigenvalue weighted by Gasteiger charge is -2.48. The van der Waals surface area contributed by atoms with Crippen molar-refractivity contribution in [1.29, 1.82) is 0 Å². The molecule has 3 heterocycles. The predicted octanol–water partition coefficient (Wildman–Crippen LogP) is 2.13. The van der Waals surface area contributed by atoms with Gasteiger partial charge in [0.1, 0.15) is 48.6 Å². The Morgan fingerprint density at radius 2 is 1.65 bits per heavy atom. The Bertz CT molecular complexity index is 1220. The fourth-order valence-corrected chi connectivity index (χ4v) is 11.8. The minimum Gasteiger partial charge on any atom is -0.461 e. The quantitative estimate of drug-likeness (QED) is 0.167. The molecule has 2 saturated carbocycles. The summed E-state index contributed by atoms with van der Waals surface area (Å²) in [6, 6.07) is 0.236. The number of methoxy groups -OCH3 is 1. The number of halogens is 5. The maximum Gasteiger partial charge on any atom is 0.302 e. The zero-order chi connectivity index (χ0) is 35.1. The number of esters is 1. The smallest absolute Gasteiger partial charge is 0.302 e. The van der Waals surface area contributed by atoms with Crippen molar-refractivity contribution in [2.24, 2.45) is 5.92 Å². The second-order valence-corrected chi connectivity index (χ2v) is 18.6. The van der Waals surface area contributed by atoms with Crippen LogP contribution < -0.4 is 26.8 Å². The summed E-state index contributed by atoms with van der Waals surface area (Å²) in [7, 11) is -2.80. The molecule has 14 unspecified atom stereocenters. The highest BCUT2D eigenvalue weighted by molar-refractivity contribution is 8.00. The molecule has 0 aromatic rings. The Kier molecular flexibility index (Phi) is 12.3. The molecule has 2 aliphatic carbocycles. The van der Waals surface area contributed by atoms with Crippen LogP contribution in [0.25, 0.3) is 0 Å². The summed E-state index contributed by atoms with van der Waals surface area (Å²) < 4.78 is 111. The highest BCUT2D eigenvalue weighted by Gasteiger charge is 2.59. The van der Waals surface area contributed by atoms with Gasteiger partial charge >= 0.3 is 5.97 Å². The molecule has 0 spiro atoms. The largest absolute Gasteiger partial charge is 0.461 e. The Morgan fingerprint density at radius 1 is 0.958 bits per heavy atom. The second-order valence-electron chi connectivity index (χ2n) is 14.5. The molecule has 14 atom stereocenters. The van der Waals surface area contributed by atoms with E-state index >= 15 is 4.39 Å². The van der Waals surface area contributed by atoms with E-state index in [1.807, 2.05) is 0 Å². The van der Waals surface area contributed by atoms with Gasteiger partial charge in [-0.15, -0.1) is 11.8 Å². The van der Waals surface area contributed by atoms with Crippen LogP contribution in [0.5, 0.6) is 0 Å². The van der Waals surface area contributed by atoms with Crippen molar-refractivity contribution in [3.8, 4) is 0 Å². The normalized spacial score (nSPS) is 44.9. The average molecular weight is 735 g/mol. The SMILES string of the molecule is COC1C(NC2CC(C)NN2)NC(SC2CCC(S(=O)(=O)C(C)(C)C3C(F)C(F)CC(F)C3F)CC2F)NC1N1CCC(OC(C)=O)C1. The fourth-order valence-electron chi connectivity index (χ4n) is 8.06. The van der Waals surface area contributed by atoms with Crippen molar-refractivity contribution in [1.82, 2.24) is 31.7 Å². The van der Waals surface area contributed by atoms with Crippen molar-refractivity contribution in [2.75, 3.05) is 20.2 Å². The highest BCUT2D eigenvalue weighted by atomic mass is 32.2. The van der Waals surface area contributed by atoms with Crippen LogP contribution in [0.15, 0.2) is 0 Å². The van der Waals surface area contributed by atoms with E-state index in [9.17, 15) is 30.8 Å². The number of alkyl halides is 5. The number of likely N-dealkylation sites (tertiary alicyclic amines) is 1. The van der Waals surface area contributed by atoms with Crippen LogP contribution in [0, 0.1) is 5.92 Å². The first-order chi connectivity index (χ1) is 22.5. The molecule has 5 fully saturated rings. The maximum absolute atomic E-state index is 15.9. The van der Waals surface area contributed by atoms with Gasteiger partial charge in [-0.3, -0.25) is 31.1 Å². The number of carbonyl (C=O) groups excluding carboxylic acids is 1. The summed E-state index contributed by atoms with van der Waals surface area (Å²) in [5.74, 6) is -2.40. The molecule has 0 radical (unpaired) electrons. The minimum absolute atomic E-state index is 0.0346. The first-order valence-corrected chi connectivity index (χ1v) is 19.3. The van der Waals surface area contributed by atoms with E-state index in [-0.39, 0.29) is 49.5 Å². The summed E-state index contributed by atoms with van der Waals surface area (Å²) in [5, 5.41) is 8.69. The van der Waals surface area contributed by atoms with Crippen LogP contribution in [0.1, 0.15) is 66.2 Å². The summed E-state index contributed by atoms with van der Waals surface area (Å²) >= 11 is 1.29. The van der Waals surface area contributed by atoms with Crippen molar-refractivity contribution in [3.63, 3.8) is 0 Å². The van der Waals surface area contributed by atoms with E-state index in [0.717, 1.165) is 20.3 Å². The average Bonchev–Trinajstić information content (AvgIpc) is 3.64. The van der Waals surface area contributed by atoms with Crippen molar-refractivity contribution in [3.05, 3.63) is 0 Å². The number of hydrogen-bond donors (Lipinski definition) is 5. The number of rotatable bonds is 10. The maximum atomic E-state index is 15.9. The fraction of sp³-hybridized carbons (Fsp3) is 0.967. The summed E-state index contributed by atoms with van der Waals surface area (Å²) in [5.41, 5.74) is 5.91. The molecule has 5 aliphatic rings. The lowest BCUT2D eigenvalue weighted by atomic mass is 9.76. The summed E-state index contributed by atoms with van der Waals surface area (Å²) in [6.07, 6.45) is -12.4. The third-order valence-corrected chi connectivity index (χ3v) is 15.2. The Labute approximate surface area is 284 Å². The molecule has 0 bridgehead atoms. The van der Waals surface area contributed by atoms with Gasteiger partial charge in [0, 0.05) is 50.8 Å². The lowest BCUT2D eigenvalue weighted by molar-refractivity contribution is -0.146. The Balaban J connectivity index is 1.27. The number of carbonyl (C=O) groups is 1. The van der Waals surface area contributed by atoms with Gasteiger partial charge in [0.25, 0.3) is 0 Å². The van der Waals surface area contributed by atoms with Crippen LogP contribution >= 0.6 is 11.8 Å². The molecular formula is C30H51F5N6O5S2. The highest BCUT2D eigenvalue weighted by Crippen LogP contribution is 2.47. The third-order valence-electron chi connectivity index (χ3n) is 10.7. The Hall–Kier alpha value is -0.860. The first kappa shape index (κ1) is 38.4. The number of thioether (sulfide) groups is 1. The van der Waals surface area contributed by atoms with Gasteiger partial charge in [0.2, 0.25) is 0 Å². The van der Waals surface area contributed by atoms with Gasteiger partial charge < -0.3 is 9.47 Å². The second kappa shape index (κ2) is 15.4. The number of sulfone groups is 1. The number of hydrazine groups is 1. The molecule has 0 aromatic heterocycles. The van der Waals surface area contributed by atoms with Crippen molar-refractivity contribution in [2.45, 2.75) is 155 Å². The molecule has 5 rings (SSSR count). The first-order valence-electron chi connectivity index (χ1n) is 16.9. The molecular weight excluding hydrogens is 683 g/mol. The van der Waals surface area contributed by atoms with Gasteiger partial charge in [-0.2, -0.15) is 0 Å². The zero-order valence-corrected chi connectivity index (χ0v) is 29.6. The molecule has 48 heavy (non-hydrogen) atoms. The van der Waals surface area contributed by atoms with Crippen LogP contribution in [0.3, 0.4) is 0 Å². The van der Waals surface area contributed by atoms with Crippen molar-refractivity contribution >= 4 is 27.6 Å². The van der Waals surface area contributed by atoms with Crippen LogP contribution in [0.4, 0.5) is 22.0 Å². The predicted molar refractivity (Wildman–Crippen MR) is 172 cm³/mol. The number of hydrogen-bond acceptors (Lipinski definition) is 12. The lowest BCUT2D eigenvalue weighted by Crippen LogP contribution is -2.74. The van der Waals surface area contributed by atoms with Gasteiger partial charge in [-0.25, -0.2) is 35.8 Å². The molecule has 3 aliphatic heterocycles. The third kappa shape index (κ3) is 7.96. The van der Waals surface area contributed by atoms with Gasteiger partial charge in [0.15, 0.2) is 9.84 Å². The molecule has 5 N–H and O–H groups in total. The van der Waals surface area contributed by atoms with E-state index in [1.54, 1.807) is 7.11 Å². The zero-order valence-electron chi connectivity index (χ0n) is 28.0. The topological polar surface area (TPSA) is 133 Å². The number of ether oxygens (including phenoxy) is 2. The van der Waals surface area contributed by atoms with Crippen molar-refractivity contribution < 1.29 is 44.6 Å². The van der Waals surface area contributed by atoms with Crippen LogP contribution in [-0.2, 0) is 24.1 Å². The molecule has 3 saturated heterocycles. The van der Waals surface area contributed by atoms with E-state index < -0.39 is 86.3 Å². The van der Waals surface area contributed by atoms with E-state index in [4.69, 9.17) is 9.47 Å². The molecule has 11 nitrogen and oxygen atoms in total. The number of nitrogens with one attached hydrogen (secondary N) is 5. The van der Waals surface area contributed by atoms with Crippen LogP contribution in [0.2, 0.25) is 0 Å². The summed E-state index contributed by atoms with van der Waals surface area (Å²) in [6.45, 7) is 6.74. The van der Waals surface area contributed by atoms with Gasteiger partial charge in [-0.05, 0) is 52.9 Å². The number of nitrogens with zero attached hydrogens (tertiary/aromatic N) is 1. The van der Waals surface area contributed by atoms with E-state index in [2.05, 4.69) is 38.6 Å². The molecule has 18 heteroatoms. The van der Waals surface area contributed by atoms with Crippen LogP contribution in [-0.4, -0.2) is 128 Å². The molecule has 0 amide bonds.